The summed E-state index contributed by atoms with van der Waals surface area (Å²) in [5.74, 6) is -0.433. The molecule has 1 aromatic rings. The Bertz CT molecular complexity index is 652. The predicted molar refractivity (Wildman–Crippen MR) is 86.4 cm³/mol. The summed E-state index contributed by atoms with van der Waals surface area (Å²) in [5.41, 5.74) is 0.982. The molecule has 1 N–H and O–H groups in total. The lowest BCUT2D eigenvalue weighted by molar-refractivity contribution is -0.113. The zero-order valence-corrected chi connectivity index (χ0v) is 14.5. The van der Waals surface area contributed by atoms with Crippen molar-refractivity contribution in [1.82, 2.24) is 9.78 Å². The number of sulfone groups is 1. The van der Waals surface area contributed by atoms with E-state index in [1.165, 1.54) is 4.68 Å². The third-order valence-corrected chi connectivity index (χ3v) is 6.55. The summed E-state index contributed by atoms with van der Waals surface area (Å²) in [6, 6.07) is 1.72. The lowest BCUT2D eigenvalue weighted by Crippen LogP contribution is -2.35. The van der Waals surface area contributed by atoms with Crippen LogP contribution in [0.15, 0.2) is 6.07 Å². The second kappa shape index (κ2) is 6.02. The van der Waals surface area contributed by atoms with Crippen molar-refractivity contribution in [2.24, 2.45) is 12.5 Å². The normalized spacial score (nSPS) is 19.1. The molecule has 1 aliphatic carbocycles. The minimum absolute atomic E-state index is 0.209. The van der Waals surface area contributed by atoms with Crippen LogP contribution < -0.4 is 5.32 Å². The molecule has 2 rings (SSSR count). The topological polar surface area (TPSA) is 81.1 Å². The molecule has 1 fully saturated rings. The van der Waals surface area contributed by atoms with Gasteiger partial charge in [-0.1, -0.05) is 13.8 Å². The highest BCUT2D eigenvalue weighted by Crippen LogP contribution is 2.37. The summed E-state index contributed by atoms with van der Waals surface area (Å²) in [4.78, 5) is 12.0. The molecule has 0 unspecified atom stereocenters. The molecule has 1 saturated carbocycles. The third-order valence-electron chi connectivity index (χ3n) is 4.40. The zero-order chi connectivity index (χ0) is 16.5. The van der Waals surface area contributed by atoms with Gasteiger partial charge in [-0.3, -0.25) is 9.48 Å². The Kier molecular flexibility index (Phi) is 4.65. The SMILES string of the molecule is Cc1cc(NC(=O)CS(=O)(=O)C2CCC(C)(C)CC2)n(C)n1. The van der Waals surface area contributed by atoms with Gasteiger partial charge in [-0.15, -0.1) is 0 Å². The third kappa shape index (κ3) is 4.09. The maximum absolute atomic E-state index is 12.4. The minimum Gasteiger partial charge on any atom is -0.310 e. The predicted octanol–water partition coefficient (Wildman–Crippen LogP) is 2.05. The van der Waals surface area contributed by atoms with Crippen molar-refractivity contribution in [3.8, 4) is 0 Å². The number of hydrogen-bond acceptors (Lipinski definition) is 4. The monoisotopic (exact) mass is 327 g/mol. The Morgan fingerprint density at radius 3 is 2.50 bits per heavy atom. The largest absolute Gasteiger partial charge is 0.310 e. The van der Waals surface area contributed by atoms with Gasteiger partial charge in [0.2, 0.25) is 5.91 Å². The van der Waals surface area contributed by atoms with E-state index in [0.29, 0.717) is 18.7 Å². The van der Waals surface area contributed by atoms with E-state index < -0.39 is 21.5 Å². The number of amides is 1. The van der Waals surface area contributed by atoms with Crippen molar-refractivity contribution in [3.05, 3.63) is 11.8 Å². The Balaban J connectivity index is 1.97. The van der Waals surface area contributed by atoms with Gasteiger partial charge in [-0.2, -0.15) is 5.10 Å². The van der Waals surface area contributed by atoms with Crippen LogP contribution in [0, 0.1) is 12.3 Å². The summed E-state index contributed by atoms with van der Waals surface area (Å²) < 4.78 is 26.3. The first kappa shape index (κ1) is 17.0. The average Bonchev–Trinajstić information content (AvgIpc) is 2.66. The van der Waals surface area contributed by atoms with Crippen LogP contribution in [0.2, 0.25) is 0 Å². The molecule has 22 heavy (non-hydrogen) atoms. The van der Waals surface area contributed by atoms with E-state index in [2.05, 4.69) is 24.3 Å². The average molecular weight is 327 g/mol. The molecule has 1 aliphatic rings. The summed E-state index contributed by atoms with van der Waals surface area (Å²) in [7, 11) is -1.69. The van der Waals surface area contributed by atoms with E-state index in [0.717, 1.165) is 18.5 Å². The maximum atomic E-state index is 12.4. The van der Waals surface area contributed by atoms with Crippen molar-refractivity contribution in [3.63, 3.8) is 0 Å². The van der Waals surface area contributed by atoms with E-state index in [9.17, 15) is 13.2 Å². The Hall–Kier alpha value is -1.37. The van der Waals surface area contributed by atoms with Crippen LogP contribution in [-0.2, 0) is 21.7 Å². The molecule has 0 radical (unpaired) electrons. The van der Waals surface area contributed by atoms with Gasteiger partial charge in [0.25, 0.3) is 0 Å². The molecule has 0 aromatic carbocycles. The van der Waals surface area contributed by atoms with E-state index in [4.69, 9.17) is 0 Å². The van der Waals surface area contributed by atoms with Gasteiger partial charge in [0.05, 0.1) is 10.9 Å². The summed E-state index contributed by atoms with van der Waals surface area (Å²) in [6.45, 7) is 6.14. The van der Waals surface area contributed by atoms with Crippen molar-refractivity contribution >= 4 is 21.6 Å². The minimum atomic E-state index is -3.40. The van der Waals surface area contributed by atoms with E-state index in [1.807, 2.05) is 6.92 Å². The van der Waals surface area contributed by atoms with Crippen molar-refractivity contribution < 1.29 is 13.2 Å². The summed E-state index contributed by atoms with van der Waals surface area (Å²) >= 11 is 0. The Labute approximate surface area is 132 Å². The van der Waals surface area contributed by atoms with Crippen LogP contribution in [0.5, 0.6) is 0 Å². The second-order valence-corrected chi connectivity index (χ2v) is 9.29. The Morgan fingerprint density at radius 2 is 2.00 bits per heavy atom. The van der Waals surface area contributed by atoms with Crippen LogP contribution >= 0.6 is 0 Å². The molecular weight excluding hydrogens is 302 g/mol. The first-order valence-corrected chi connectivity index (χ1v) is 9.33. The number of nitrogens with one attached hydrogen (secondary N) is 1. The molecule has 0 saturated heterocycles. The zero-order valence-electron chi connectivity index (χ0n) is 13.7. The fourth-order valence-corrected chi connectivity index (χ4v) is 4.57. The van der Waals surface area contributed by atoms with Gasteiger partial charge in [0.15, 0.2) is 9.84 Å². The number of hydrogen-bond donors (Lipinski definition) is 1. The molecule has 0 spiro atoms. The fraction of sp³-hybridized carbons (Fsp3) is 0.733. The van der Waals surface area contributed by atoms with Crippen LogP contribution in [0.25, 0.3) is 0 Å². The number of rotatable bonds is 4. The van der Waals surface area contributed by atoms with Crippen LogP contribution in [0.4, 0.5) is 5.82 Å². The lowest BCUT2D eigenvalue weighted by Gasteiger charge is -2.33. The van der Waals surface area contributed by atoms with Gasteiger partial charge < -0.3 is 5.32 Å². The summed E-state index contributed by atoms with van der Waals surface area (Å²) in [6.07, 6.45) is 3.07. The van der Waals surface area contributed by atoms with Crippen molar-refractivity contribution in [1.29, 1.82) is 0 Å². The highest BCUT2D eigenvalue weighted by atomic mass is 32.2. The molecule has 6 nitrogen and oxygen atoms in total. The van der Waals surface area contributed by atoms with Crippen LogP contribution in [0.1, 0.15) is 45.2 Å². The molecule has 0 bridgehead atoms. The number of anilines is 1. The first-order valence-electron chi connectivity index (χ1n) is 7.61. The number of aryl methyl sites for hydroxylation is 2. The number of nitrogens with zero attached hydrogens (tertiary/aromatic N) is 2. The standard InChI is InChI=1S/C15H25N3O3S/c1-11-9-13(18(4)17-11)16-14(19)10-22(20,21)12-5-7-15(2,3)8-6-12/h9,12H,5-8,10H2,1-4H3,(H,16,19). The number of carbonyl (C=O) groups is 1. The molecule has 1 aromatic heterocycles. The van der Waals surface area contributed by atoms with Crippen LogP contribution in [0.3, 0.4) is 0 Å². The first-order chi connectivity index (χ1) is 10.1. The lowest BCUT2D eigenvalue weighted by atomic mass is 9.77. The smallest absolute Gasteiger partial charge is 0.240 e. The Morgan fingerprint density at radius 1 is 1.41 bits per heavy atom. The quantitative estimate of drug-likeness (QED) is 0.917. The fourth-order valence-electron chi connectivity index (χ4n) is 2.94. The highest BCUT2D eigenvalue weighted by molar-refractivity contribution is 7.92. The van der Waals surface area contributed by atoms with Crippen molar-refractivity contribution in [2.75, 3.05) is 11.1 Å². The van der Waals surface area contributed by atoms with Gasteiger partial charge >= 0.3 is 0 Å². The molecule has 7 heteroatoms. The number of aromatic nitrogens is 2. The van der Waals surface area contributed by atoms with Crippen LogP contribution in [-0.4, -0.2) is 35.1 Å². The molecule has 124 valence electrons. The molecule has 1 amide bonds. The van der Waals surface area contributed by atoms with Gasteiger partial charge in [0, 0.05) is 13.1 Å². The van der Waals surface area contributed by atoms with Gasteiger partial charge in [-0.05, 0) is 38.0 Å². The van der Waals surface area contributed by atoms with Gasteiger partial charge in [-0.25, -0.2) is 8.42 Å². The molecular formula is C15H25N3O3S. The highest BCUT2D eigenvalue weighted by Gasteiger charge is 2.35. The molecule has 1 heterocycles. The van der Waals surface area contributed by atoms with E-state index >= 15 is 0 Å². The van der Waals surface area contributed by atoms with E-state index in [1.54, 1.807) is 13.1 Å². The molecule has 0 aliphatic heterocycles. The number of carbonyl (C=O) groups excluding carboxylic acids is 1. The maximum Gasteiger partial charge on any atom is 0.240 e. The molecule has 0 atom stereocenters. The van der Waals surface area contributed by atoms with Gasteiger partial charge in [0.1, 0.15) is 11.6 Å². The summed E-state index contributed by atoms with van der Waals surface area (Å²) in [5, 5.41) is 6.35. The van der Waals surface area contributed by atoms with Crippen molar-refractivity contribution in [2.45, 2.75) is 51.7 Å². The second-order valence-electron chi connectivity index (χ2n) is 7.01. The van der Waals surface area contributed by atoms with E-state index in [-0.39, 0.29) is 10.7 Å².